The van der Waals surface area contributed by atoms with Gasteiger partial charge in [-0.2, -0.15) is 0 Å². The van der Waals surface area contributed by atoms with Crippen LogP contribution in [0.25, 0.3) is 5.57 Å². The molecule has 1 aromatic rings. The highest BCUT2D eigenvalue weighted by molar-refractivity contribution is 7.92. The Morgan fingerprint density at radius 1 is 0.972 bits per heavy atom. The molecular weight excluding hydrogens is 500 g/mol. The second kappa shape index (κ2) is 10.8. The van der Waals surface area contributed by atoms with Crippen LogP contribution in [-0.2, 0) is 33.8 Å². The molecule has 12 nitrogen and oxygen atoms in total. The summed E-state index contributed by atoms with van der Waals surface area (Å²) < 4.78 is 61.5. The third-order valence-electron chi connectivity index (χ3n) is 6.29. The molecule has 0 aromatic heterocycles. The number of ether oxygens (including phenoxy) is 1. The number of aldehydes is 4. The van der Waals surface area contributed by atoms with E-state index in [0.29, 0.717) is 0 Å². The molecule has 13 heteroatoms. The van der Waals surface area contributed by atoms with E-state index in [1.165, 1.54) is 24.3 Å². The number of rotatable bonds is 13. The number of carbonyl (C=O) groups is 4. The van der Waals surface area contributed by atoms with Crippen molar-refractivity contribution in [1.29, 1.82) is 0 Å². The molecule has 0 bridgehead atoms. The summed E-state index contributed by atoms with van der Waals surface area (Å²) in [6.45, 7) is 3.58. The molecule has 1 aliphatic rings. The van der Waals surface area contributed by atoms with Gasteiger partial charge in [-0.15, -0.1) is 0 Å². The van der Waals surface area contributed by atoms with Crippen LogP contribution in [0, 0.1) is 0 Å². The first-order chi connectivity index (χ1) is 18.2. The third kappa shape index (κ3) is 4.47. The van der Waals surface area contributed by atoms with Crippen molar-refractivity contribution in [2.24, 2.45) is 0 Å². The van der Waals surface area contributed by atoms with Crippen molar-refractivity contribution in [2.75, 3.05) is 5.75 Å². The molecule has 6 atom stereocenters. The first kappa shape index (κ1) is 23.7. The number of hydrogen-bond donors (Lipinski definition) is 5. The number of benzene rings is 1. The van der Waals surface area contributed by atoms with E-state index in [4.69, 9.17) is 10.2 Å². The van der Waals surface area contributed by atoms with E-state index in [1.54, 1.807) is 6.07 Å². The highest BCUT2D eigenvalue weighted by atomic mass is 32.2. The van der Waals surface area contributed by atoms with Gasteiger partial charge in [0, 0.05) is 25.7 Å². The van der Waals surface area contributed by atoms with Crippen molar-refractivity contribution >= 4 is 40.5 Å². The largest absolute Gasteiger partial charge is 0.390 e. The minimum Gasteiger partial charge on any atom is -0.390 e. The Bertz CT molecular complexity index is 1310. The maximum absolute atomic E-state index is 13.7. The van der Waals surface area contributed by atoms with Crippen LogP contribution in [0.5, 0.6) is 0 Å². The maximum atomic E-state index is 13.7. The van der Waals surface area contributed by atoms with Gasteiger partial charge >= 0.3 is 5.12 Å². The van der Waals surface area contributed by atoms with Crippen molar-refractivity contribution in [3.63, 3.8) is 0 Å². The number of carbonyl (C=O) groups excluding carboxylic acids is 4. The van der Waals surface area contributed by atoms with Crippen LogP contribution in [0.4, 0.5) is 0 Å². The molecule has 0 aliphatic carbocycles. The molecule has 0 spiro atoms. The van der Waals surface area contributed by atoms with Gasteiger partial charge in [0.1, 0.15) is 47.8 Å². The molecule has 36 heavy (non-hydrogen) atoms. The average Bonchev–Trinajstić information content (AvgIpc) is 2.79. The van der Waals surface area contributed by atoms with Crippen molar-refractivity contribution < 1.29 is 63.3 Å². The number of sulfone groups is 1. The van der Waals surface area contributed by atoms with Crippen molar-refractivity contribution in [2.45, 2.75) is 59.8 Å². The summed E-state index contributed by atoms with van der Waals surface area (Å²) in [5.41, 5.74) is -11.8. The minimum absolute atomic E-state index is 0.190. The molecule has 1 fully saturated rings. The van der Waals surface area contributed by atoms with Gasteiger partial charge in [-0.25, -0.2) is 8.42 Å². The van der Waals surface area contributed by atoms with E-state index in [-0.39, 0.29) is 11.1 Å². The van der Waals surface area contributed by atoms with Crippen molar-refractivity contribution in [3.8, 4) is 0 Å². The third-order valence-corrected chi connectivity index (χ3v) is 8.29. The summed E-state index contributed by atoms with van der Waals surface area (Å²) in [6.07, 6.45) is -19.1. The standard InChI is InChI=1S/C23H28O12S/c1-16(17-5-3-2-4-6-17)15-36(33,34)23(32)22(31,10-14-27)21(30,9-13-26)20(29,8-12-25)19(35-23)18(28)7-11-24/h2-6,11-14,18-19,28-32H,1,7-10,15H2/t18?,19-,20-,21+,22-,23?/m1/s1/i11D,12D,13D,14D. The zero-order chi connectivity index (χ0) is 30.9. The maximum Gasteiger partial charge on any atom is 0.305 e. The molecular formula is C23H28O12S. The Kier molecular flexibility index (Phi) is 7.10. The highest BCUT2D eigenvalue weighted by Gasteiger charge is 2.80. The molecule has 1 heterocycles. The first-order valence-corrected chi connectivity index (χ1v) is 12.0. The van der Waals surface area contributed by atoms with E-state index < -0.39 is 100 Å². The molecule has 1 saturated heterocycles. The predicted molar refractivity (Wildman–Crippen MR) is 123 cm³/mol. The molecule has 5 N–H and O–H groups in total. The molecule has 198 valence electrons. The van der Waals surface area contributed by atoms with Gasteiger partial charge in [0.25, 0.3) is 0 Å². The predicted octanol–water partition coefficient (Wildman–Crippen LogP) is -1.93. The molecule has 1 aliphatic heterocycles. The molecule has 0 saturated carbocycles. The van der Waals surface area contributed by atoms with E-state index >= 15 is 0 Å². The minimum atomic E-state index is -5.53. The van der Waals surface area contributed by atoms with Gasteiger partial charge in [-0.1, -0.05) is 36.9 Å². The lowest BCUT2D eigenvalue weighted by Crippen LogP contribution is -2.86. The van der Waals surface area contributed by atoms with Crippen molar-refractivity contribution in [3.05, 3.63) is 42.5 Å². The smallest absolute Gasteiger partial charge is 0.305 e. The quantitative estimate of drug-likeness (QED) is 0.176. The average molecular weight is 533 g/mol. The van der Waals surface area contributed by atoms with E-state index in [9.17, 15) is 53.1 Å². The second-order valence-corrected chi connectivity index (χ2v) is 10.4. The molecule has 2 unspecified atom stereocenters. The molecule has 0 amide bonds. The summed E-state index contributed by atoms with van der Waals surface area (Å²) in [5, 5.41) is 52.8. The van der Waals surface area contributed by atoms with Gasteiger partial charge in [-0.3, -0.25) is 0 Å². The lowest BCUT2D eigenvalue weighted by atomic mass is 9.61. The van der Waals surface area contributed by atoms with Crippen LogP contribution in [0.1, 0.15) is 36.7 Å². The number of aliphatic hydroxyl groups is 5. The topological polar surface area (TPSA) is 213 Å². The molecule has 2 rings (SSSR count). The zero-order valence-electron chi connectivity index (χ0n) is 22.8. The number of aliphatic hydroxyl groups excluding tert-OH is 1. The first-order valence-electron chi connectivity index (χ1n) is 12.4. The molecule has 0 radical (unpaired) electrons. The van der Waals surface area contributed by atoms with Crippen LogP contribution < -0.4 is 0 Å². The SMILES string of the molecule is [2H]C(=O)CC(O)[C@H]1OC(O)(S(=O)(=O)CC(=C)c2ccccc2)[C@@](O)(CC([2H])=O)[C@](O)(CC([2H])=O)[C@@]1(O)CC([2H])=O. The zero-order valence-corrected chi connectivity index (χ0v) is 19.6. The summed E-state index contributed by atoms with van der Waals surface area (Å²) in [4.78, 5) is 47.1. The Morgan fingerprint density at radius 3 is 2.00 bits per heavy atom. The Hall–Kier alpha value is -2.65. The van der Waals surface area contributed by atoms with Gasteiger partial charge < -0.3 is 49.4 Å². The normalized spacial score (nSPS) is 34.9. The van der Waals surface area contributed by atoms with Gasteiger partial charge in [0.15, 0.2) is 5.60 Å². The van der Waals surface area contributed by atoms with E-state index in [2.05, 4.69) is 6.58 Å². The van der Waals surface area contributed by atoms with Crippen LogP contribution in [0.15, 0.2) is 36.9 Å². The van der Waals surface area contributed by atoms with Crippen LogP contribution >= 0.6 is 0 Å². The Labute approximate surface area is 212 Å². The Balaban J connectivity index is 2.96. The second-order valence-electron chi connectivity index (χ2n) is 8.37. The summed E-state index contributed by atoms with van der Waals surface area (Å²) in [5.74, 6) is -1.30. The fourth-order valence-corrected chi connectivity index (χ4v) is 6.18. The monoisotopic (exact) mass is 532 g/mol. The fraction of sp³-hybridized carbons (Fsp3) is 0.478. The van der Waals surface area contributed by atoms with Crippen LogP contribution in [0.3, 0.4) is 0 Å². The lowest BCUT2D eigenvalue weighted by molar-refractivity contribution is -0.414. The van der Waals surface area contributed by atoms with Crippen LogP contribution in [-0.4, -0.2) is 98.9 Å². The van der Waals surface area contributed by atoms with E-state index in [1.807, 2.05) is 0 Å². The van der Waals surface area contributed by atoms with Gasteiger partial charge in [-0.05, 0) is 11.1 Å². The summed E-state index contributed by atoms with van der Waals surface area (Å²) in [7, 11) is -5.53. The van der Waals surface area contributed by atoms with Crippen molar-refractivity contribution in [1.82, 2.24) is 0 Å². The van der Waals surface area contributed by atoms with Crippen LogP contribution in [0.2, 0.25) is 0 Å². The fourth-order valence-electron chi connectivity index (χ4n) is 4.35. The van der Waals surface area contributed by atoms with Gasteiger partial charge in [0.05, 0.1) is 11.9 Å². The lowest BCUT2D eigenvalue weighted by Gasteiger charge is -2.62. The molecule has 1 aromatic carbocycles. The van der Waals surface area contributed by atoms with E-state index in [0.717, 1.165) is 0 Å². The summed E-state index contributed by atoms with van der Waals surface area (Å²) in [6, 6.07) is 7.38. The summed E-state index contributed by atoms with van der Waals surface area (Å²) >= 11 is 0. The van der Waals surface area contributed by atoms with Gasteiger partial charge in [0.2, 0.25) is 9.84 Å². The highest BCUT2D eigenvalue weighted by Crippen LogP contribution is 2.55. The number of hydrogen-bond acceptors (Lipinski definition) is 12. The Morgan fingerprint density at radius 2 is 1.50 bits per heavy atom.